The van der Waals surface area contributed by atoms with Crippen LogP contribution in [0.15, 0.2) is 48.5 Å². The largest absolute Gasteiger partial charge is 0.508 e. The van der Waals surface area contributed by atoms with Gasteiger partial charge in [-0.25, -0.2) is 4.79 Å². The number of Topliss-reactive ketones (excluding diaryl/α,β-unsaturated/α-hetero) is 1. The van der Waals surface area contributed by atoms with Crippen molar-refractivity contribution >= 4 is 23.3 Å². The molecule has 7 nitrogen and oxygen atoms in total. The van der Waals surface area contributed by atoms with Crippen molar-refractivity contribution < 1.29 is 29.0 Å². The topological polar surface area (TPSA) is 102 Å². The molecule has 2 N–H and O–H groups in total. The van der Waals surface area contributed by atoms with E-state index in [4.69, 9.17) is 14.6 Å². The highest BCUT2D eigenvalue weighted by atomic mass is 16.6. The summed E-state index contributed by atoms with van der Waals surface area (Å²) in [4.78, 5) is 34.8. The molecule has 0 heterocycles. The lowest BCUT2D eigenvalue weighted by Gasteiger charge is -2.08. The SMILES string of the molecule is CCC(=O)c1ccc(OCC(=O)OCC(=O)Nc2ccc(O)cc2)cc1. The third kappa shape index (κ3) is 5.94. The zero-order chi connectivity index (χ0) is 18.9. The average molecular weight is 357 g/mol. The first-order chi connectivity index (χ1) is 12.5. The van der Waals surface area contributed by atoms with Gasteiger partial charge in [0.1, 0.15) is 11.5 Å². The minimum Gasteiger partial charge on any atom is -0.508 e. The highest BCUT2D eigenvalue weighted by Crippen LogP contribution is 2.14. The van der Waals surface area contributed by atoms with Crippen molar-refractivity contribution in [1.82, 2.24) is 0 Å². The summed E-state index contributed by atoms with van der Waals surface area (Å²) in [5.41, 5.74) is 1.05. The number of nitrogens with one attached hydrogen (secondary N) is 1. The number of amides is 1. The summed E-state index contributed by atoms with van der Waals surface area (Å²) < 4.78 is 10.1. The predicted octanol–water partition coefficient (Wildman–Crippen LogP) is 2.55. The second-order valence-electron chi connectivity index (χ2n) is 5.35. The van der Waals surface area contributed by atoms with Gasteiger partial charge in [0.2, 0.25) is 0 Å². The first-order valence-corrected chi connectivity index (χ1v) is 7.98. The number of phenolic OH excluding ortho intramolecular Hbond substituents is 1. The molecule has 2 aromatic rings. The van der Waals surface area contributed by atoms with E-state index in [0.29, 0.717) is 23.4 Å². The van der Waals surface area contributed by atoms with E-state index in [-0.39, 0.29) is 18.1 Å². The number of hydrogen-bond acceptors (Lipinski definition) is 6. The Balaban J connectivity index is 1.72. The summed E-state index contributed by atoms with van der Waals surface area (Å²) in [5.74, 6) is -0.677. The van der Waals surface area contributed by atoms with Gasteiger partial charge in [0.15, 0.2) is 19.0 Å². The Morgan fingerprint density at radius 3 is 2.23 bits per heavy atom. The third-order valence-electron chi connectivity index (χ3n) is 3.37. The van der Waals surface area contributed by atoms with Gasteiger partial charge in [0, 0.05) is 17.7 Å². The van der Waals surface area contributed by atoms with Crippen LogP contribution in [-0.2, 0) is 14.3 Å². The van der Waals surface area contributed by atoms with Crippen molar-refractivity contribution in [2.24, 2.45) is 0 Å². The lowest BCUT2D eigenvalue weighted by Crippen LogP contribution is -2.23. The summed E-state index contributed by atoms with van der Waals surface area (Å²) in [6.07, 6.45) is 0.415. The minimum absolute atomic E-state index is 0.0237. The molecule has 0 bridgehead atoms. The molecule has 2 aromatic carbocycles. The molecule has 136 valence electrons. The number of rotatable bonds is 8. The normalized spacial score (nSPS) is 10.0. The molecule has 2 rings (SSSR count). The maximum Gasteiger partial charge on any atom is 0.344 e. The first kappa shape index (κ1) is 19.0. The molecule has 0 aliphatic heterocycles. The van der Waals surface area contributed by atoms with Crippen LogP contribution in [0.25, 0.3) is 0 Å². The van der Waals surface area contributed by atoms with Gasteiger partial charge in [-0.3, -0.25) is 9.59 Å². The fourth-order valence-electron chi connectivity index (χ4n) is 2.01. The molecule has 1 amide bonds. The highest BCUT2D eigenvalue weighted by Gasteiger charge is 2.09. The smallest absolute Gasteiger partial charge is 0.344 e. The van der Waals surface area contributed by atoms with Crippen LogP contribution in [0.3, 0.4) is 0 Å². The van der Waals surface area contributed by atoms with Crippen molar-refractivity contribution in [3.8, 4) is 11.5 Å². The van der Waals surface area contributed by atoms with Gasteiger partial charge in [0.25, 0.3) is 5.91 Å². The molecule has 0 aliphatic rings. The number of carbonyl (C=O) groups is 3. The Hall–Kier alpha value is -3.35. The summed E-state index contributed by atoms with van der Waals surface area (Å²) in [6.45, 7) is 0.973. The first-order valence-electron chi connectivity index (χ1n) is 7.98. The number of phenols is 1. The average Bonchev–Trinajstić information content (AvgIpc) is 2.66. The maximum atomic E-state index is 11.7. The molecule has 0 radical (unpaired) electrons. The van der Waals surface area contributed by atoms with Gasteiger partial charge in [-0.05, 0) is 48.5 Å². The van der Waals surface area contributed by atoms with Gasteiger partial charge < -0.3 is 19.9 Å². The standard InChI is InChI=1S/C19H19NO6/c1-2-17(22)13-3-9-16(10-4-13)25-12-19(24)26-11-18(23)20-14-5-7-15(21)8-6-14/h3-10,21H,2,11-12H2,1H3,(H,20,23). The minimum atomic E-state index is -0.695. The fourth-order valence-corrected chi connectivity index (χ4v) is 2.01. The molecule has 0 aromatic heterocycles. The van der Waals surface area contributed by atoms with Gasteiger partial charge in [0.05, 0.1) is 0 Å². The van der Waals surface area contributed by atoms with E-state index in [1.165, 1.54) is 24.3 Å². The van der Waals surface area contributed by atoms with Crippen LogP contribution in [-0.4, -0.2) is 36.0 Å². The van der Waals surface area contributed by atoms with E-state index < -0.39 is 18.5 Å². The van der Waals surface area contributed by atoms with Crippen LogP contribution in [0.4, 0.5) is 5.69 Å². The van der Waals surface area contributed by atoms with E-state index in [0.717, 1.165) is 0 Å². The Labute approximate surface area is 150 Å². The number of ketones is 1. The summed E-state index contributed by atoms with van der Waals surface area (Å²) in [7, 11) is 0. The van der Waals surface area contributed by atoms with Crippen LogP contribution >= 0.6 is 0 Å². The van der Waals surface area contributed by atoms with Crippen LogP contribution in [0.5, 0.6) is 11.5 Å². The second kappa shape index (κ2) is 9.22. The molecule has 0 fully saturated rings. The number of benzene rings is 2. The third-order valence-corrected chi connectivity index (χ3v) is 3.37. The zero-order valence-electron chi connectivity index (χ0n) is 14.2. The molecule has 0 saturated heterocycles. The monoisotopic (exact) mass is 357 g/mol. The lowest BCUT2D eigenvalue weighted by molar-refractivity contribution is -0.149. The van der Waals surface area contributed by atoms with Crippen LogP contribution < -0.4 is 10.1 Å². The fraction of sp³-hybridized carbons (Fsp3) is 0.211. The predicted molar refractivity (Wildman–Crippen MR) is 94.3 cm³/mol. The van der Waals surface area contributed by atoms with Crippen molar-refractivity contribution in [3.63, 3.8) is 0 Å². The second-order valence-corrected chi connectivity index (χ2v) is 5.35. The molecule has 0 atom stereocenters. The molecular weight excluding hydrogens is 338 g/mol. The van der Waals surface area contributed by atoms with E-state index in [2.05, 4.69) is 5.32 Å². The molecule has 0 unspecified atom stereocenters. The van der Waals surface area contributed by atoms with E-state index in [1.807, 2.05) is 0 Å². The highest BCUT2D eigenvalue weighted by molar-refractivity contribution is 5.96. The number of hydrogen-bond donors (Lipinski definition) is 2. The van der Waals surface area contributed by atoms with Gasteiger partial charge in [-0.15, -0.1) is 0 Å². The van der Waals surface area contributed by atoms with Crippen LogP contribution in [0.1, 0.15) is 23.7 Å². The molecule has 0 aliphatic carbocycles. The van der Waals surface area contributed by atoms with E-state index in [1.54, 1.807) is 31.2 Å². The zero-order valence-corrected chi connectivity index (χ0v) is 14.2. The Morgan fingerprint density at radius 2 is 1.62 bits per heavy atom. The number of ether oxygens (including phenoxy) is 2. The van der Waals surface area contributed by atoms with Crippen LogP contribution in [0, 0.1) is 0 Å². The van der Waals surface area contributed by atoms with Crippen molar-refractivity contribution in [1.29, 1.82) is 0 Å². The number of carbonyl (C=O) groups excluding carboxylic acids is 3. The van der Waals surface area contributed by atoms with Crippen molar-refractivity contribution in [2.45, 2.75) is 13.3 Å². The number of aromatic hydroxyl groups is 1. The van der Waals surface area contributed by atoms with Crippen molar-refractivity contribution in [2.75, 3.05) is 18.5 Å². The number of esters is 1. The summed E-state index contributed by atoms with van der Waals surface area (Å²) >= 11 is 0. The molecule has 26 heavy (non-hydrogen) atoms. The van der Waals surface area contributed by atoms with Crippen molar-refractivity contribution in [3.05, 3.63) is 54.1 Å². The van der Waals surface area contributed by atoms with E-state index >= 15 is 0 Å². The molecule has 0 saturated carbocycles. The Bertz CT molecular complexity index is 768. The summed E-state index contributed by atoms with van der Waals surface area (Å²) in [6, 6.07) is 12.3. The summed E-state index contributed by atoms with van der Waals surface area (Å²) in [5, 5.41) is 11.7. The lowest BCUT2D eigenvalue weighted by atomic mass is 10.1. The quantitative estimate of drug-likeness (QED) is 0.428. The maximum absolute atomic E-state index is 11.7. The Morgan fingerprint density at radius 1 is 0.962 bits per heavy atom. The van der Waals surface area contributed by atoms with Gasteiger partial charge in [-0.1, -0.05) is 6.92 Å². The molecule has 7 heteroatoms. The molecular formula is C19H19NO6. The van der Waals surface area contributed by atoms with Gasteiger partial charge >= 0.3 is 5.97 Å². The number of anilines is 1. The van der Waals surface area contributed by atoms with Gasteiger partial charge in [-0.2, -0.15) is 0 Å². The van der Waals surface area contributed by atoms with Crippen LogP contribution in [0.2, 0.25) is 0 Å². The van der Waals surface area contributed by atoms with E-state index in [9.17, 15) is 14.4 Å². The Kier molecular flexibility index (Phi) is 6.73. The molecule has 0 spiro atoms.